The van der Waals surface area contributed by atoms with Gasteiger partial charge in [-0.15, -0.1) is 0 Å². The Balaban J connectivity index is 2.27. The average molecular weight is 339 g/mol. The molecule has 0 fully saturated rings. The number of nitriles is 1. The lowest BCUT2D eigenvalue weighted by Gasteiger charge is -2.37. The summed E-state index contributed by atoms with van der Waals surface area (Å²) >= 11 is 0. The molecule has 0 saturated carbocycles. The second-order valence-corrected chi connectivity index (χ2v) is 7.04. The van der Waals surface area contributed by atoms with Gasteiger partial charge < -0.3 is 10.5 Å². The molecule has 2 aliphatic rings. The molecule has 7 nitrogen and oxygen atoms in total. The van der Waals surface area contributed by atoms with E-state index in [1.165, 1.54) is 6.07 Å². The summed E-state index contributed by atoms with van der Waals surface area (Å²) in [5.74, 6) is -0.995. The zero-order chi connectivity index (χ0) is 18.4. The van der Waals surface area contributed by atoms with Gasteiger partial charge in [-0.25, -0.2) is 0 Å². The van der Waals surface area contributed by atoms with E-state index < -0.39 is 10.8 Å². The first-order valence-electron chi connectivity index (χ1n) is 7.82. The number of ketones is 1. The van der Waals surface area contributed by atoms with E-state index >= 15 is 0 Å². The van der Waals surface area contributed by atoms with Crippen molar-refractivity contribution in [2.45, 2.75) is 32.6 Å². The standard InChI is InChI=1S/C18H17N3O4/c1-18(2)7-11-15(10-5-3-4-6-13(10)21(23)24)12(9-19)17(20)25-16(11)14(22)8-18/h3-6,15H,7-8,20H2,1-2H3/t15-/m0/s1. The Morgan fingerprint density at radius 2 is 2.04 bits per heavy atom. The summed E-state index contributed by atoms with van der Waals surface area (Å²) in [6.45, 7) is 3.89. The predicted octanol–water partition coefficient (Wildman–Crippen LogP) is 3.05. The van der Waals surface area contributed by atoms with E-state index in [4.69, 9.17) is 10.5 Å². The highest BCUT2D eigenvalue weighted by molar-refractivity contribution is 5.96. The summed E-state index contributed by atoms with van der Waals surface area (Å²) in [6, 6.07) is 8.21. The van der Waals surface area contributed by atoms with Crippen molar-refractivity contribution in [3.63, 3.8) is 0 Å². The van der Waals surface area contributed by atoms with Crippen LogP contribution in [-0.2, 0) is 9.53 Å². The molecule has 1 aliphatic heterocycles. The van der Waals surface area contributed by atoms with Gasteiger partial charge in [-0.05, 0) is 17.4 Å². The van der Waals surface area contributed by atoms with Crippen LogP contribution in [0.5, 0.6) is 0 Å². The number of nitro benzene ring substituents is 1. The van der Waals surface area contributed by atoms with Gasteiger partial charge in [0.2, 0.25) is 5.88 Å². The number of hydrogen-bond acceptors (Lipinski definition) is 6. The topological polar surface area (TPSA) is 119 Å². The van der Waals surface area contributed by atoms with Gasteiger partial charge in [0.15, 0.2) is 11.5 Å². The largest absolute Gasteiger partial charge is 0.437 e. The van der Waals surface area contributed by atoms with E-state index in [9.17, 15) is 20.2 Å². The lowest BCUT2D eigenvalue weighted by molar-refractivity contribution is -0.385. The minimum absolute atomic E-state index is 0.0959. The smallest absolute Gasteiger partial charge is 0.273 e. The second-order valence-electron chi connectivity index (χ2n) is 7.04. The molecule has 2 N–H and O–H groups in total. The molecule has 0 aromatic heterocycles. The first-order chi connectivity index (χ1) is 11.7. The molecular weight excluding hydrogens is 322 g/mol. The maximum atomic E-state index is 12.5. The molecule has 25 heavy (non-hydrogen) atoms. The number of carbonyl (C=O) groups is 1. The normalized spacial score (nSPS) is 22.1. The molecule has 0 radical (unpaired) electrons. The summed E-state index contributed by atoms with van der Waals surface area (Å²) in [5, 5.41) is 21.0. The Labute approximate surface area is 144 Å². The van der Waals surface area contributed by atoms with E-state index in [-0.39, 0.29) is 34.1 Å². The number of nitrogens with zero attached hydrogens (tertiary/aromatic N) is 2. The fourth-order valence-electron chi connectivity index (χ4n) is 3.55. The van der Waals surface area contributed by atoms with Crippen LogP contribution in [0.4, 0.5) is 5.69 Å². The van der Waals surface area contributed by atoms with Crippen LogP contribution in [0, 0.1) is 26.9 Å². The number of nitrogens with two attached hydrogens (primary N) is 1. The van der Waals surface area contributed by atoms with Crippen molar-refractivity contribution in [1.29, 1.82) is 5.26 Å². The van der Waals surface area contributed by atoms with E-state index in [1.54, 1.807) is 18.2 Å². The summed E-state index contributed by atoms with van der Waals surface area (Å²) in [7, 11) is 0. The number of para-hydroxylation sites is 1. The summed E-state index contributed by atoms with van der Waals surface area (Å²) in [6.07, 6.45) is 0.786. The minimum Gasteiger partial charge on any atom is -0.437 e. The molecule has 1 aromatic carbocycles. The Morgan fingerprint density at radius 1 is 1.36 bits per heavy atom. The van der Waals surface area contributed by atoms with Gasteiger partial charge >= 0.3 is 0 Å². The average Bonchev–Trinajstić information content (AvgIpc) is 2.54. The van der Waals surface area contributed by atoms with E-state index in [2.05, 4.69) is 0 Å². The van der Waals surface area contributed by atoms with Crippen LogP contribution in [0.3, 0.4) is 0 Å². The molecule has 3 rings (SSSR count). The molecule has 0 amide bonds. The highest BCUT2D eigenvalue weighted by Gasteiger charge is 2.44. The molecule has 1 aliphatic carbocycles. The van der Waals surface area contributed by atoms with Gasteiger partial charge in [-0.1, -0.05) is 32.0 Å². The number of allylic oxidation sites excluding steroid dienone is 3. The van der Waals surface area contributed by atoms with Gasteiger partial charge in [0, 0.05) is 18.1 Å². The Kier molecular flexibility index (Phi) is 3.84. The predicted molar refractivity (Wildman–Crippen MR) is 88.8 cm³/mol. The van der Waals surface area contributed by atoms with Gasteiger partial charge in [0.05, 0.1) is 10.8 Å². The lowest BCUT2D eigenvalue weighted by atomic mass is 9.69. The number of Topliss-reactive ketones (excluding diaryl/α,β-unsaturated/α-hetero) is 1. The van der Waals surface area contributed by atoms with Gasteiger partial charge in [0.1, 0.15) is 11.6 Å². The van der Waals surface area contributed by atoms with Crippen LogP contribution in [0.15, 0.2) is 47.1 Å². The first kappa shape index (κ1) is 16.7. The molecule has 0 spiro atoms. The van der Waals surface area contributed by atoms with Crippen molar-refractivity contribution in [2.24, 2.45) is 11.1 Å². The van der Waals surface area contributed by atoms with Crippen LogP contribution in [0.25, 0.3) is 0 Å². The molecule has 0 saturated heterocycles. The fourth-order valence-corrected chi connectivity index (χ4v) is 3.55. The van der Waals surface area contributed by atoms with Crippen LogP contribution >= 0.6 is 0 Å². The number of benzene rings is 1. The molecule has 7 heteroatoms. The second kappa shape index (κ2) is 5.74. The summed E-state index contributed by atoms with van der Waals surface area (Å²) in [5.41, 5.74) is 6.44. The number of hydrogen-bond donors (Lipinski definition) is 1. The summed E-state index contributed by atoms with van der Waals surface area (Å²) < 4.78 is 5.45. The van der Waals surface area contributed by atoms with Crippen molar-refractivity contribution in [3.8, 4) is 6.07 Å². The number of nitro groups is 1. The van der Waals surface area contributed by atoms with E-state index in [1.807, 2.05) is 19.9 Å². The lowest BCUT2D eigenvalue weighted by Crippen LogP contribution is -2.33. The van der Waals surface area contributed by atoms with Crippen LogP contribution < -0.4 is 5.73 Å². The van der Waals surface area contributed by atoms with Gasteiger partial charge in [-0.2, -0.15) is 5.26 Å². The van der Waals surface area contributed by atoms with Gasteiger partial charge in [0.25, 0.3) is 5.69 Å². The Bertz CT molecular complexity index is 890. The van der Waals surface area contributed by atoms with Crippen LogP contribution in [-0.4, -0.2) is 10.7 Å². The molecule has 0 bridgehead atoms. The number of rotatable bonds is 2. The van der Waals surface area contributed by atoms with E-state index in [0.29, 0.717) is 24.0 Å². The highest BCUT2D eigenvalue weighted by Crippen LogP contribution is 2.50. The quantitative estimate of drug-likeness (QED) is 0.653. The zero-order valence-corrected chi connectivity index (χ0v) is 13.9. The molecule has 1 atom stereocenters. The van der Waals surface area contributed by atoms with E-state index in [0.717, 1.165) is 0 Å². The highest BCUT2D eigenvalue weighted by atomic mass is 16.6. The third-order valence-electron chi connectivity index (χ3n) is 4.53. The first-order valence-corrected chi connectivity index (χ1v) is 7.82. The summed E-state index contributed by atoms with van der Waals surface area (Å²) in [4.78, 5) is 23.5. The minimum atomic E-state index is -0.751. The van der Waals surface area contributed by atoms with Gasteiger partial charge in [-0.3, -0.25) is 14.9 Å². The fraction of sp³-hybridized carbons (Fsp3) is 0.333. The van der Waals surface area contributed by atoms with Crippen molar-refractivity contribution in [3.05, 3.63) is 62.7 Å². The molecule has 1 heterocycles. The Hall–Kier alpha value is -3.14. The number of carbonyl (C=O) groups excluding carboxylic acids is 1. The molecule has 1 aromatic rings. The third kappa shape index (κ3) is 2.76. The third-order valence-corrected chi connectivity index (χ3v) is 4.53. The monoisotopic (exact) mass is 339 g/mol. The maximum absolute atomic E-state index is 12.5. The van der Waals surface area contributed by atoms with Crippen molar-refractivity contribution in [1.82, 2.24) is 0 Å². The number of ether oxygens (including phenoxy) is 1. The molecule has 128 valence electrons. The SMILES string of the molecule is CC1(C)CC(=O)C2=C(C1)[C@H](c1ccccc1[N+](=O)[O-])C(C#N)=C(N)O2. The Morgan fingerprint density at radius 3 is 2.68 bits per heavy atom. The van der Waals surface area contributed by atoms with Crippen LogP contribution in [0.1, 0.15) is 38.2 Å². The van der Waals surface area contributed by atoms with Crippen LogP contribution in [0.2, 0.25) is 0 Å². The zero-order valence-electron chi connectivity index (χ0n) is 13.9. The maximum Gasteiger partial charge on any atom is 0.273 e. The van der Waals surface area contributed by atoms with Crippen molar-refractivity contribution < 1.29 is 14.5 Å². The molecule has 0 unspecified atom stereocenters. The molecular formula is C18H17N3O4. The van der Waals surface area contributed by atoms with Crippen molar-refractivity contribution >= 4 is 11.5 Å². The van der Waals surface area contributed by atoms with Crippen molar-refractivity contribution in [2.75, 3.05) is 0 Å².